The average Bonchev–Trinajstić information content (AvgIpc) is 2.93. The maximum absolute atomic E-state index is 12.2. The highest BCUT2D eigenvalue weighted by Gasteiger charge is 2.30. The van der Waals surface area contributed by atoms with Crippen LogP contribution in [0.4, 0.5) is 0 Å². The first-order valence-corrected chi connectivity index (χ1v) is 8.68. The minimum atomic E-state index is -0.129. The van der Waals surface area contributed by atoms with Crippen LogP contribution in [0.25, 0.3) is 0 Å². The summed E-state index contributed by atoms with van der Waals surface area (Å²) in [4.78, 5) is 30.1. The zero-order valence-corrected chi connectivity index (χ0v) is 14.6. The second-order valence-electron chi connectivity index (χ2n) is 6.23. The molecule has 1 N–H and O–H groups in total. The lowest BCUT2D eigenvalue weighted by Gasteiger charge is -2.17. The van der Waals surface area contributed by atoms with Crippen LogP contribution in [0, 0.1) is 0 Å². The lowest BCUT2D eigenvalue weighted by atomic mass is 10.1. The number of rotatable bonds is 6. The van der Waals surface area contributed by atoms with Gasteiger partial charge < -0.3 is 10.2 Å². The van der Waals surface area contributed by atoms with E-state index in [2.05, 4.69) is 10.3 Å². The molecular weight excluding hydrogens is 338 g/mol. The molecule has 1 saturated heterocycles. The number of hydrogen-bond donors (Lipinski definition) is 1. The molecule has 1 aromatic heterocycles. The molecule has 25 heavy (non-hydrogen) atoms. The molecule has 130 valence electrons. The Hall–Kier alpha value is -2.40. The molecule has 0 saturated carbocycles. The highest BCUT2D eigenvalue weighted by Crippen LogP contribution is 2.15. The molecule has 6 heteroatoms. The van der Waals surface area contributed by atoms with E-state index < -0.39 is 0 Å². The maximum atomic E-state index is 12.2. The molecule has 0 unspecified atom stereocenters. The molecule has 3 rings (SSSR count). The summed E-state index contributed by atoms with van der Waals surface area (Å²) in [5.41, 5.74) is 1.96. The number of likely N-dealkylation sites (tertiary alicyclic amines) is 1. The number of carbonyl (C=O) groups excluding carboxylic acids is 2. The largest absolute Gasteiger partial charge is 0.351 e. The third-order valence-corrected chi connectivity index (χ3v) is 4.46. The Balaban J connectivity index is 1.47. The van der Waals surface area contributed by atoms with Gasteiger partial charge in [-0.1, -0.05) is 29.8 Å². The van der Waals surface area contributed by atoms with Gasteiger partial charge in [-0.05, 0) is 35.7 Å². The Labute approximate surface area is 152 Å². The number of amides is 2. The summed E-state index contributed by atoms with van der Waals surface area (Å²) >= 11 is 5.98. The van der Waals surface area contributed by atoms with Crippen molar-refractivity contribution < 1.29 is 9.59 Å². The van der Waals surface area contributed by atoms with E-state index in [0.717, 1.165) is 17.5 Å². The summed E-state index contributed by atoms with van der Waals surface area (Å²) in [5, 5.41) is 3.64. The molecule has 1 aliphatic heterocycles. The first-order chi connectivity index (χ1) is 12.1. The van der Waals surface area contributed by atoms with Crippen molar-refractivity contribution in [2.45, 2.75) is 25.3 Å². The van der Waals surface area contributed by atoms with Crippen molar-refractivity contribution in [3.8, 4) is 0 Å². The topological polar surface area (TPSA) is 62.3 Å². The molecule has 1 atom stereocenters. The van der Waals surface area contributed by atoms with Gasteiger partial charge in [0.1, 0.15) is 0 Å². The summed E-state index contributed by atoms with van der Waals surface area (Å²) in [6.07, 6.45) is 4.74. The van der Waals surface area contributed by atoms with E-state index in [1.165, 1.54) is 0 Å². The van der Waals surface area contributed by atoms with Crippen LogP contribution in [0.2, 0.25) is 5.02 Å². The third-order valence-electron chi connectivity index (χ3n) is 4.23. The van der Waals surface area contributed by atoms with Gasteiger partial charge in [0.05, 0.1) is 12.5 Å². The summed E-state index contributed by atoms with van der Waals surface area (Å²) in [6.45, 7) is 1.19. The van der Waals surface area contributed by atoms with Crippen molar-refractivity contribution in [2.24, 2.45) is 0 Å². The molecule has 0 aliphatic carbocycles. The van der Waals surface area contributed by atoms with Crippen molar-refractivity contribution >= 4 is 23.4 Å². The van der Waals surface area contributed by atoms with Gasteiger partial charge in [0.2, 0.25) is 11.8 Å². The Kier molecular flexibility index (Phi) is 5.66. The standard InChI is InChI=1S/C19H20ClN3O2/c20-16-5-1-3-14(9-16)6-8-23-13-17(11-19(23)25)22-18(24)10-15-4-2-7-21-12-15/h1-5,7,9,12,17H,6,8,10-11,13H2,(H,22,24)/t17-/m1/s1. The zero-order valence-electron chi connectivity index (χ0n) is 13.8. The van der Waals surface area contributed by atoms with Crippen molar-refractivity contribution in [2.75, 3.05) is 13.1 Å². The van der Waals surface area contributed by atoms with Crippen molar-refractivity contribution in [1.82, 2.24) is 15.2 Å². The Morgan fingerprint density at radius 1 is 1.28 bits per heavy atom. The fraction of sp³-hybridized carbons (Fsp3) is 0.316. The van der Waals surface area contributed by atoms with Crippen LogP contribution < -0.4 is 5.32 Å². The molecule has 5 nitrogen and oxygen atoms in total. The number of aromatic nitrogens is 1. The molecule has 0 radical (unpaired) electrons. The predicted octanol–water partition coefficient (Wildman–Crippen LogP) is 2.24. The summed E-state index contributed by atoms with van der Waals surface area (Å²) in [5.74, 6) is -0.00352. The van der Waals surface area contributed by atoms with E-state index in [-0.39, 0.29) is 24.3 Å². The molecule has 1 aliphatic rings. The van der Waals surface area contributed by atoms with Gasteiger partial charge in [-0.3, -0.25) is 14.6 Å². The van der Waals surface area contributed by atoms with E-state index in [1.54, 1.807) is 23.4 Å². The monoisotopic (exact) mass is 357 g/mol. The van der Waals surface area contributed by atoms with Crippen LogP contribution in [0.3, 0.4) is 0 Å². The van der Waals surface area contributed by atoms with Crippen molar-refractivity contribution in [3.63, 3.8) is 0 Å². The fourth-order valence-electron chi connectivity index (χ4n) is 3.01. The molecule has 0 spiro atoms. The van der Waals surface area contributed by atoms with E-state index in [9.17, 15) is 9.59 Å². The lowest BCUT2D eigenvalue weighted by molar-refractivity contribution is -0.127. The van der Waals surface area contributed by atoms with E-state index in [4.69, 9.17) is 11.6 Å². The molecule has 2 amide bonds. The summed E-state index contributed by atoms with van der Waals surface area (Å²) in [6, 6.07) is 11.2. The van der Waals surface area contributed by atoms with Crippen LogP contribution in [-0.4, -0.2) is 40.8 Å². The van der Waals surface area contributed by atoms with Gasteiger partial charge in [0, 0.05) is 36.9 Å². The van der Waals surface area contributed by atoms with Gasteiger partial charge in [0.15, 0.2) is 0 Å². The van der Waals surface area contributed by atoms with E-state index >= 15 is 0 Å². The molecule has 0 bridgehead atoms. The second-order valence-corrected chi connectivity index (χ2v) is 6.66. The molecule has 1 aromatic carbocycles. The molecular formula is C19H20ClN3O2. The summed E-state index contributed by atoms with van der Waals surface area (Å²) < 4.78 is 0. The van der Waals surface area contributed by atoms with Crippen LogP contribution in [0.5, 0.6) is 0 Å². The minimum absolute atomic E-state index is 0.0775. The SMILES string of the molecule is O=C(Cc1cccnc1)N[C@@H]1CC(=O)N(CCc2cccc(Cl)c2)C1. The van der Waals surface area contributed by atoms with E-state index in [0.29, 0.717) is 24.5 Å². The minimum Gasteiger partial charge on any atom is -0.351 e. The van der Waals surface area contributed by atoms with Crippen LogP contribution in [-0.2, 0) is 22.4 Å². The first kappa shape index (κ1) is 17.4. The predicted molar refractivity (Wildman–Crippen MR) is 96.2 cm³/mol. The normalized spacial score (nSPS) is 16.9. The highest BCUT2D eigenvalue weighted by atomic mass is 35.5. The molecule has 2 heterocycles. The van der Waals surface area contributed by atoms with Crippen LogP contribution >= 0.6 is 11.6 Å². The Bertz CT molecular complexity index is 751. The average molecular weight is 358 g/mol. The number of hydrogen-bond acceptors (Lipinski definition) is 3. The van der Waals surface area contributed by atoms with Crippen LogP contribution in [0.1, 0.15) is 17.5 Å². The number of halogens is 1. The first-order valence-electron chi connectivity index (χ1n) is 8.30. The molecule has 1 fully saturated rings. The smallest absolute Gasteiger partial charge is 0.224 e. The number of carbonyl (C=O) groups is 2. The highest BCUT2D eigenvalue weighted by molar-refractivity contribution is 6.30. The van der Waals surface area contributed by atoms with Gasteiger partial charge in [-0.25, -0.2) is 0 Å². The van der Waals surface area contributed by atoms with Crippen LogP contribution in [0.15, 0.2) is 48.8 Å². The summed E-state index contributed by atoms with van der Waals surface area (Å²) in [7, 11) is 0. The Morgan fingerprint density at radius 2 is 2.12 bits per heavy atom. The maximum Gasteiger partial charge on any atom is 0.224 e. The van der Waals surface area contributed by atoms with E-state index in [1.807, 2.05) is 30.3 Å². The number of nitrogens with zero attached hydrogens (tertiary/aromatic N) is 2. The Morgan fingerprint density at radius 3 is 2.88 bits per heavy atom. The van der Waals surface area contributed by atoms with Gasteiger partial charge in [0.25, 0.3) is 0 Å². The zero-order chi connectivity index (χ0) is 17.6. The third kappa shape index (κ3) is 5.03. The fourth-order valence-corrected chi connectivity index (χ4v) is 3.22. The van der Waals surface area contributed by atoms with Gasteiger partial charge in [-0.15, -0.1) is 0 Å². The number of nitrogens with one attached hydrogen (secondary N) is 1. The number of pyridine rings is 1. The quantitative estimate of drug-likeness (QED) is 0.862. The van der Waals surface area contributed by atoms with Gasteiger partial charge in [-0.2, -0.15) is 0 Å². The van der Waals surface area contributed by atoms with Crippen molar-refractivity contribution in [3.05, 3.63) is 64.9 Å². The number of benzene rings is 1. The lowest BCUT2D eigenvalue weighted by Crippen LogP contribution is -2.38. The molecule has 2 aromatic rings. The second kappa shape index (κ2) is 8.12. The van der Waals surface area contributed by atoms with Crippen molar-refractivity contribution in [1.29, 1.82) is 0 Å². The van der Waals surface area contributed by atoms with Gasteiger partial charge >= 0.3 is 0 Å².